The van der Waals surface area contributed by atoms with E-state index in [4.69, 9.17) is 9.47 Å². The van der Waals surface area contributed by atoms with Gasteiger partial charge in [-0.1, -0.05) is 55.1 Å². The van der Waals surface area contributed by atoms with Crippen LogP contribution >= 0.6 is 0 Å². The quantitative estimate of drug-likeness (QED) is 0.736. The summed E-state index contributed by atoms with van der Waals surface area (Å²) in [5.41, 5.74) is 2.22. The highest BCUT2D eigenvalue weighted by Gasteiger charge is 2.11. The number of rotatable bonds is 7. The minimum absolute atomic E-state index is 0.0414. The van der Waals surface area contributed by atoms with Gasteiger partial charge in [-0.3, -0.25) is 0 Å². The summed E-state index contributed by atoms with van der Waals surface area (Å²) in [4.78, 5) is 0. The maximum absolute atomic E-state index is 5.82. The van der Waals surface area contributed by atoms with Crippen LogP contribution in [-0.2, 0) is 4.74 Å². The minimum atomic E-state index is -0.0414. The molecule has 2 aromatic carbocycles. The van der Waals surface area contributed by atoms with Gasteiger partial charge in [0.05, 0.1) is 0 Å². The predicted octanol–water partition coefficient (Wildman–Crippen LogP) is 4.49. The second kappa shape index (κ2) is 7.51. The molecule has 2 aromatic rings. The third kappa shape index (κ3) is 3.97. The number of hydrogen-bond donors (Lipinski definition) is 0. The zero-order chi connectivity index (χ0) is 14.2. The Morgan fingerprint density at radius 2 is 1.75 bits per heavy atom. The van der Waals surface area contributed by atoms with Gasteiger partial charge in [0.15, 0.2) is 0 Å². The summed E-state index contributed by atoms with van der Waals surface area (Å²) in [6.07, 6.45) is 1.77. The fourth-order valence-electron chi connectivity index (χ4n) is 1.98. The molecule has 0 aromatic heterocycles. The first-order chi connectivity index (χ1) is 9.83. The first-order valence-electron chi connectivity index (χ1n) is 6.85. The van der Waals surface area contributed by atoms with Crippen LogP contribution in [0.1, 0.15) is 24.2 Å². The van der Waals surface area contributed by atoms with Crippen molar-refractivity contribution in [1.82, 2.24) is 0 Å². The molecule has 1 unspecified atom stereocenters. The molecule has 0 radical (unpaired) electrons. The van der Waals surface area contributed by atoms with E-state index < -0.39 is 0 Å². The molecule has 0 aliphatic carbocycles. The molecule has 2 nitrogen and oxygen atoms in total. The van der Waals surface area contributed by atoms with Crippen LogP contribution in [-0.4, -0.2) is 13.2 Å². The maximum atomic E-state index is 5.82. The summed E-state index contributed by atoms with van der Waals surface area (Å²) in [6.45, 7) is 6.90. The van der Waals surface area contributed by atoms with Crippen molar-refractivity contribution in [2.24, 2.45) is 0 Å². The smallest absolute Gasteiger partial charge is 0.119 e. The summed E-state index contributed by atoms with van der Waals surface area (Å²) >= 11 is 0. The predicted molar refractivity (Wildman–Crippen MR) is 82.8 cm³/mol. The molecule has 0 fully saturated rings. The van der Waals surface area contributed by atoms with Crippen molar-refractivity contribution in [3.8, 4) is 5.75 Å². The van der Waals surface area contributed by atoms with Gasteiger partial charge < -0.3 is 9.47 Å². The van der Waals surface area contributed by atoms with E-state index in [0.29, 0.717) is 13.2 Å². The van der Waals surface area contributed by atoms with Gasteiger partial charge in [0.2, 0.25) is 0 Å². The summed E-state index contributed by atoms with van der Waals surface area (Å²) in [6, 6.07) is 18.0. The highest BCUT2D eigenvalue weighted by Crippen LogP contribution is 2.20. The lowest BCUT2D eigenvalue weighted by molar-refractivity contribution is 0.0266. The number of hydrogen-bond acceptors (Lipinski definition) is 2. The molecule has 0 aliphatic rings. The fourth-order valence-corrected chi connectivity index (χ4v) is 1.98. The van der Waals surface area contributed by atoms with E-state index in [2.05, 4.69) is 18.7 Å². The van der Waals surface area contributed by atoms with Gasteiger partial charge >= 0.3 is 0 Å². The monoisotopic (exact) mass is 268 g/mol. The Balaban J connectivity index is 1.99. The fraction of sp³-hybridized carbons (Fsp3) is 0.222. The third-order valence-electron chi connectivity index (χ3n) is 3.06. The van der Waals surface area contributed by atoms with E-state index in [1.807, 2.05) is 55.5 Å². The largest absolute Gasteiger partial charge is 0.491 e. The minimum Gasteiger partial charge on any atom is -0.491 e. The van der Waals surface area contributed by atoms with E-state index in [9.17, 15) is 0 Å². The van der Waals surface area contributed by atoms with Crippen molar-refractivity contribution in [3.05, 3.63) is 72.3 Å². The molecule has 1 atom stereocenters. The van der Waals surface area contributed by atoms with Crippen LogP contribution < -0.4 is 4.74 Å². The first-order valence-corrected chi connectivity index (χ1v) is 6.85. The van der Waals surface area contributed by atoms with Crippen molar-refractivity contribution in [3.63, 3.8) is 0 Å². The molecule has 2 heteroatoms. The lowest BCUT2D eigenvalue weighted by atomic mass is 10.1. The van der Waals surface area contributed by atoms with Crippen molar-refractivity contribution in [1.29, 1.82) is 0 Å². The molecule has 0 amide bonds. The highest BCUT2D eigenvalue weighted by molar-refractivity contribution is 5.48. The summed E-state index contributed by atoms with van der Waals surface area (Å²) < 4.78 is 11.6. The van der Waals surface area contributed by atoms with Crippen LogP contribution in [0.15, 0.2) is 61.2 Å². The van der Waals surface area contributed by atoms with E-state index in [1.54, 1.807) is 0 Å². The van der Waals surface area contributed by atoms with E-state index in [0.717, 1.165) is 16.9 Å². The molecule has 0 saturated heterocycles. The number of ether oxygens (including phenoxy) is 2. The molecule has 0 spiro atoms. The third-order valence-corrected chi connectivity index (χ3v) is 3.06. The van der Waals surface area contributed by atoms with Gasteiger partial charge in [-0.2, -0.15) is 0 Å². The van der Waals surface area contributed by atoms with E-state index in [-0.39, 0.29) is 6.10 Å². The Morgan fingerprint density at radius 3 is 2.35 bits per heavy atom. The van der Waals surface area contributed by atoms with Crippen LogP contribution in [0.3, 0.4) is 0 Å². The Labute approximate surface area is 120 Å². The zero-order valence-corrected chi connectivity index (χ0v) is 11.8. The van der Waals surface area contributed by atoms with E-state index in [1.165, 1.54) is 0 Å². The number of benzene rings is 2. The standard InChI is InChI=1S/C18H20O2/c1-3-15-10-12-17(13-11-15)20-14-18(19-4-2)16-8-6-5-7-9-16/h3,5-13,18H,1,4,14H2,2H3. The molecule has 20 heavy (non-hydrogen) atoms. The Hall–Kier alpha value is -2.06. The molecule has 0 aliphatic heterocycles. The van der Waals surface area contributed by atoms with Crippen LogP contribution in [0.25, 0.3) is 6.08 Å². The Kier molecular flexibility index (Phi) is 5.39. The molecular formula is C18H20O2. The van der Waals surface area contributed by atoms with Crippen molar-refractivity contribution >= 4 is 6.08 Å². The Bertz CT molecular complexity index is 517. The first kappa shape index (κ1) is 14.4. The molecule has 0 heterocycles. The lowest BCUT2D eigenvalue weighted by Gasteiger charge is -2.18. The normalized spacial score (nSPS) is 11.8. The van der Waals surface area contributed by atoms with Gasteiger partial charge in [0, 0.05) is 6.61 Å². The van der Waals surface area contributed by atoms with Crippen molar-refractivity contribution < 1.29 is 9.47 Å². The molecule has 104 valence electrons. The summed E-state index contributed by atoms with van der Waals surface area (Å²) in [7, 11) is 0. The highest BCUT2D eigenvalue weighted by atomic mass is 16.5. The molecule has 0 N–H and O–H groups in total. The second-order valence-electron chi connectivity index (χ2n) is 4.44. The summed E-state index contributed by atoms with van der Waals surface area (Å²) in [5.74, 6) is 0.844. The van der Waals surface area contributed by atoms with Crippen molar-refractivity contribution in [2.75, 3.05) is 13.2 Å². The van der Waals surface area contributed by atoms with Gasteiger partial charge in [0.1, 0.15) is 18.5 Å². The molecule has 2 rings (SSSR count). The average molecular weight is 268 g/mol. The SMILES string of the molecule is C=Cc1ccc(OCC(OCC)c2ccccc2)cc1. The van der Waals surface area contributed by atoms with Crippen LogP contribution in [0.5, 0.6) is 5.75 Å². The van der Waals surface area contributed by atoms with E-state index >= 15 is 0 Å². The lowest BCUT2D eigenvalue weighted by Crippen LogP contribution is -2.14. The molecule has 0 saturated carbocycles. The summed E-state index contributed by atoms with van der Waals surface area (Å²) in [5, 5.41) is 0. The molecular weight excluding hydrogens is 248 g/mol. The van der Waals surface area contributed by atoms with Gasteiger partial charge in [-0.05, 0) is 30.2 Å². The maximum Gasteiger partial charge on any atom is 0.119 e. The molecule has 0 bridgehead atoms. The Morgan fingerprint density at radius 1 is 1.05 bits per heavy atom. The van der Waals surface area contributed by atoms with Gasteiger partial charge in [-0.15, -0.1) is 0 Å². The average Bonchev–Trinajstić information content (AvgIpc) is 2.53. The van der Waals surface area contributed by atoms with Gasteiger partial charge in [-0.25, -0.2) is 0 Å². The second-order valence-corrected chi connectivity index (χ2v) is 4.44. The topological polar surface area (TPSA) is 18.5 Å². The van der Waals surface area contributed by atoms with Crippen LogP contribution in [0, 0.1) is 0 Å². The van der Waals surface area contributed by atoms with Crippen LogP contribution in [0.4, 0.5) is 0 Å². The zero-order valence-electron chi connectivity index (χ0n) is 11.8. The van der Waals surface area contributed by atoms with Crippen LogP contribution in [0.2, 0.25) is 0 Å². The van der Waals surface area contributed by atoms with Gasteiger partial charge in [0.25, 0.3) is 0 Å². The van der Waals surface area contributed by atoms with Crippen molar-refractivity contribution in [2.45, 2.75) is 13.0 Å².